The SMILES string of the molecule is CC1(C)CC(NCCc2ccc(Cl)cc2)CN1. The molecule has 0 spiro atoms. The lowest BCUT2D eigenvalue weighted by molar-refractivity contribution is 0.443. The first-order valence-corrected chi connectivity index (χ1v) is 6.66. The number of nitrogens with one attached hydrogen (secondary N) is 2. The van der Waals surface area contributed by atoms with Crippen molar-refractivity contribution >= 4 is 11.6 Å². The minimum atomic E-state index is 0.290. The van der Waals surface area contributed by atoms with Crippen LogP contribution in [0.5, 0.6) is 0 Å². The molecule has 0 saturated carbocycles. The summed E-state index contributed by atoms with van der Waals surface area (Å²) in [6.45, 7) is 6.62. The summed E-state index contributed by atoms with van der Waals surface area (Å²) in [5.74, 6) is 0. The van der Waals surface area contributed by atoms with Gasteiger partial charge in [-0.2, -0.15) is 0 Å². The highest BCUT2D eigenvalue weighted by Gasteiger charge is 2.29. The molecule has 1 aromatic carbocycles. The highest BCUT2D eigenvalue weighted by Crippen LogP contribution is 2.17. The molecule has 0 aromatic heterocycles. The van der Waals surface area contributed by atoms with E-state index in [1.54, 1.807) is 0 Å². The van der Waals surface area contributed by atoms with Crippen molar-refractivity contribution in [3.8, 4) is 0 Å². The van der Waals surface area contributed by atoms with Crippen molar-refractivity contribution in [1.29, 1.82) is 0 Å². The molecule has 17 heavy (non-hydrogen) atoms. The number of hydrogen-bond donors (Lipinski definition) is 2. The smallest absolute Gasteiger partial charge is 0.0406 e. The van der Waals surface area contributed by atoms with E-state index in [0.717, 1.165) is 24.5 Å². The normalized spacial score (nSPS) is 22.9. The molecule has 1 fully saturated rings. The summed E-state index contributed by atoms with van der Waals surface area (Å²) in [7, 11) is 0. The second-order valence-corrected chi connectivity index (χ2v) is 5.93. The minimum absolute atomic E-state index is 0.290. The molecule has 1 aromatic rings. The van der Waals surface area contributed by atoms with E-state index in [0.29, 0.717) is 6.04 Å². The quantitative estimate of drug-likeness (QED) is 0.861. The summed E-state index contributed by atoms with van der Waals surface area (Å²) in [4.78, 5) is 0. The molecule has 0 aliphatic carbocycles. The van der Waals surface area contributed by atoms with Crippen molar-refractivity contribution in [2.24, 2.45) is 0 Å². The van der Waals surface area contributed by atoms with E-state index in [-0.39, 0.29) is 5.54 Å². The molecule has 0 amide bonds. The molecule has 0 radical (unpaired) electrons. The largest absolute Gasteiger partial charge is 0.312 e. The van der Waals surface area contributed by atoms with Crippen molar-refractivity contribution < 1.29 is 0 Å². The lowest BCUT2D eigenvalue weighted by Crippen LogP contribution is -2.32. The Balaban J connectivity index is 1.71. The van der Waals surface area contributed by atoms with Crippen LogP contribution in [0, 0.1) is 0 Å². The van der Waals surface area contributed by atoms with Gasteiger partial charge >= 0.3 is 0 Å². The molecule has 1 unspecified atom stereocenters. The Bertz CT molecular complexity index is 359. The fourth-order valence-electron chi connectivity index (χ4n) is 2.38. The fraction of sp³-hybridized carbons (Fsp3) is 0.571. The van der Waals surface area contributed by atoms with E-state index in [4.69, 9.17) is 11.6 Å². The maximum Gasteiger partial charge on any atom is 0.0406 e. The van der Waals surface area contributed by atoms with Gasteiger partial charge in [0.25, 0.3) is 0 Å². The molecule has 1 atom stereocenters. The third-order valence-electron chi connectivity index (χ3n) is 3.34. The predicted octanol–water partition coefficient (Wildman–Crippen LogP) is 2.61. The van der Waals surface area contributed by atoms with E-state index in [1.165, 1.54) is 12.0 Å². The van der Waals surface area contributed by atoms with Gasteiger partial charge in [-0.15, -0.1) is 0 Å². The van der Waals surface area contributed by atoms with Crippen LogP contribution in [0.25, 0.3) is 0 Å². The van der Waals surface area contributed by atoms with E-state index in [1.807, 2.05) is 12.1 Å². The lowest BCUT2D eigenvalue weighted by atomic mass is 10.0. The third-order valence-corrected chi connectivity index (χ3v) is 3.60. The Labute approximate surface area is 109 Å². The molecule has 1 heterocycles. The Morgan fingerprint density at radius 1 is 1.35 bits per heavy atom. The zero-order valence-corrected chi connectivity index (χ0v) is 11.3. The summed E-state index contributed by atoms with van der Waals surface area (Å²) in [6, 6.07) is 8.72. The average molecular weight is 253 g/mol. The Morgan fingerprint density at radius 3 is 2.65 bits per heavy atom. The van der Waals surface area contributed by atoms with Gasteiger partial charge in [0.05, 0.1) is 0 Å². The van der Waals surface area contributed by atoms with Crippen LogP contribution in [0.2, 0.25) is 5.02 Å². The molecular formula is C14H21ClN2. The van der Waals surface area contributed by atoms with Crippen molar-refractivity contribution in [2.45, 2.75) is 38.3 Å². The Morgan fingerprint density at radius 2 is 2.06 bits per heavy atom. The van der Waals surface area contributed by atoms with Crippen molar-refractivity contribution in [1.82, 2.24) is 10.6 Å². The fourth-order valence-corrected chi connectivity index (χ4v) is 2.50. The minimum Gasteiger partial charge on any atom is -0.312 e. The number of benzene rings is 1. The predicted molar refractivity (Wildman–Crippen MR) is 73.6 cm³/mol. The highest BCUT2D eigenvalue weighted by atomic mass is 35.5. The molecule has 1 aliphatic heterocycles. The maximum atomic E-state index is 5.86. The molecule has 2 nitrogen and oxygen atoms in total. The van der Waals surface area contributed by atoms with Crippen LogP contribution < -0.4 is 10.6 Å². The van der Waals surface area contributed by atoms with Gasteiger partial charge in [-0.05, 0) is 50.9 Å². The number of rotatable bonds is 4. The Kier molecular flexibility index (Phi) is 4.08. The summed E-state index contributed by atoms with van der Waals surface area (Å²) in [6.07, 6.45) is 2.27. The monoisotopic (exact) mass is 252 g/mol. The molecular weight excluding hydrogens is 232 g/mol. The van der Waals surface area contributed by atoms with Crippen LogP contribution >= 0.6 is 11.6 Å². The van der Waals surface area contributed by atoms with Gasteiger partial charge in [0.15, 0.2) is 0 Å². The van der Waals surface area contributed by atoms with Gasteiger partial charge < -0.3 is 10.6 Å². The lowest BCUT2D eigenvalue weighted by Gasteiger charge is -2.17. The standard InChI is InChI=1S/C14H21ClN2/c1-14(2)9-13(10-17-14)16-8-7-11-3-5-12(15)6-4-11/h3-6,13,16-17H,7-10H2,1-2H3. The molecule has 1 saturated heterocycles. The zero-order chi connectivity index (χ0) is 12.3. The zero-order valence-electron chi connectivity index (χ0n) is 10.6. The summed E-state index contributed by atoms with van der Waals surface area (Å²) < 4.78 is 0. The van der Waals surface area contributed by atoms with Gasteiger partial charge in [0.1, 0.15) is 0 Å². The van der Waals surface area contributed by atoms with Crippen LogP contribution in [0.3, 0.4) is 0 Å². The van der Waals surface area contributed by atoms with E-state index < -0.39 is 0 Å². The van der Waals surface area contributed by atoms with Crippen LogP contribution in [-0.2, 0) is 6.42 Å². The van der Waals surface area contributed by atoms with Crippen molar-refractivity contribution in [2.75, 3.05) is 13.1 Å². The summed E-state index contributed by atoms with van der Waals surface area (Å²) in [5.41, 5.74) is 1.63. The first kappa shape index (κ1) is 12.9. The molecule has 94 valence electrons. The van der Waals surface area contributed by atoms with Crippen LogP contribution in [0.1, 0.15) is 25.8 Å². The van der Waals surface area contributed by atoms with Gasteiger partial charge in [-0.3, -0.25) is 0 Å². The first-order chi connectivity index (χ1) is 8.05. The molecule has 2 rings (SSSR count). The molecule has 0 bridgehead atoms. The second kappa shape index (κ2) is 5.38. The van der Waals surface area contributed by atoms with Gasteiger partial charge in [-0.25, -0.2) is 0 Å². The van der Waals surface area contributed by atoms with Crippen LogP contribution in [0.4, 0.5) is 0 Å². The summed E-state index contributed by atoms with van der Waals surface area (Å²) >= 11 is 5.86. The van der Waals surface area contributed by atoms with E-state index in [2.05, 4.69) is 36.6 Å². The van der Waals surface area contributed by atoms with E-state index in [9.17, 15) is 0 Å². The molecule has 2 N–H and O–H groups in total. The van der Waals surface area contributed by atoms with Crippen LogP contribution in [0.15, 0.2) is 24.3 Å². The van der Waals surface area contributed by atoms with Crippen molar-refractivity contribution in [3.63, 3.8) is 0 Å². The number of halogens is 1. The number of hydrogen-bond acceptors (Lipinski definition) is 2. The third kappa shape index (κ3) is 3.98. The van der Waals surface area contributed by atoms with Crippen LogP contribution in [-0.4, -0.2) is 24.7 Å². The second-order valence-electron chi connectivity index (χ2n) is 5.50. The van der Waals surface area contributed by atoms with Crippen molar-refractivity contribution in [3.05, 3.63) is 34.9 Å². The van der Waals surface area contributed by atoms with Gasteiger partial charge in [0, 0.05) is 23.1 Å². The van der Waals surface area contributed by atoms with E-state index >= 15 is 0 Å². The topological polar surface area (TPSA) is 24.1 Å². The molecule has 3 heteroatoms. The first-order valence-electron chi connectivity index (χ1n) is 6.28. The van der Waals surface area contributed by atoms with Gasteiger partial charge in [-0.1, -0.05) is 23.7 Å². The Hall–Kier alpha value is -0.570. The molecule has 1 aliphatic rings. The van der Waals surface area contributed by atoms with Gasteiger partial charge in [0.2, 0.25) is 0 Å². The average Bonchev–Trinajstić information content (AvgIpc) is 2.61. The summed E-state index contributed by atoms with van der Waals surface area (Å²) in [5, 5.41) is 7.94. The highest BCUT2D eigenvalue weighted by molar-refractivity contribution is 6.30. The maximum absolute atomic E-state index is 5.86.